The zero-order valence-corrected chi connectivity index (χ0v) is 11.1. The maximum absolute atomic E-state index is 4.30. The summed E-state index contributed by atoms with van der Waals surface area (Å²) < 4.78 is 1.50. The van der Waals surface area contributed by atoms with Crippen molar-refractivity contribution in [3.63, 3.8) is 0 Å². The number of pyridine rings is 1. The monoisotopic (exact) mass is 327 g/mol. The molecule has 0 aliphatic carbocycles. The number of rotatable bonds is 1. The molecule has 3 nitrogen and oxygen atoms in total. The van der Waals surface area contributed by atoms with Gasteiger partial charge in [-0.1, -0.05) is 0 Å². The molecule has 2 heterocycles. The molecule has 0 amide bonds. The molecule has 0 atom stereocenters. The quantitative estimate of drug-likeness (QED) is 0.753. The molecule has 0 fully saturated rings. The van der Waals surface area contributed by atoms with E-state index >= 15 is 0 Å². The molecule has 0 N–H and O–H groups in total. The summed E-state index contributed by atoms with van der Waals surface area (Å²) in [5.41, 5.74) is 2.05. The second-order valence-electron chi connectivity index (χ2n) is 3.03. The van der Waals surface area contributed by atoms with Crippen molar-refractivity contribution in [2.45, 2.75) is 6.92 Å². The molecule has 76 valence electrons. The maximum atomic E-state index is 4.30. The lowest BCUT2D eigenvalue weighted by Gasteiger charge is -2.03. The van der Waals surface area contributed by atoms with Crippen LogP contribution in [0.4, 0.5) is 0 Å². The Labute approximate surface area is 104 Å². The molecule has 0 saturated heterocycles. The molecule has 0 bridgehead atoms. The van der Waals surface area contributed by atoms with E-state index in [-0.39, 0.29) is 0 Å². The molecule has 2 aromatic rings. The Kier molecular flexibility index (Phi) is 3.11. The fraction of sp³-hybridized carbons (Fsp3) is 0.100. The molecule has 0 radical (unpaired) electrons. The Morgan fingerprint density at radius 3 is 2.40 bits per heavy atom. The fourth-order valence-corrected chi connectivity index (χ4v) is 2.29. The molecular formula is C10H7Br2N3. The smallest absolute Gasteiger partial charge is 0.163 e. The first-order valence-corrected chi connectivity index (χ1v) is 5.86. The lowest BCUT2D eigenvalue weighted by molar-refractivity contribution is 1.11. The van der Waals surface area contributed by atoms with Gasteiger partial charge in [-0.25, -0.2) is 9.97 Å². The summed E-state index contributed by atoms with van der Waals surface area (Å²) in [6.07, 6.45) is 3.52. The molecule has 15 heavy (non-hydrogen) atoms. The van der Waals surface area contributed by atoms with Crippen LogP contribution in [0.1, 0.15) is 5.56 Å². The molecule has 0 saturated carbocycles. The number of hydrogen-bond donors (Lipinski definition) is 0. The van der Waals surface area contributed by atoms with Crippen LogP contribution in [0.5, 0.6) is 0 Å². The number of aromatic nitrogens is 3. The molecule has 2 rings (SSSR count). The Balaban J connectivity index is 2.59. The van der Waals surface area contributed by atoms with Crippen molar-refractivity contribution in [1.82, 2.24) is 15.0 Å². The van der Waals surface area contributed by atoms with E-state index in [4.69, 9.17) is 0 Å². The van der Waals surface area contributed by atoms with Gasteiger partial charge in [-0.05, 0) is 50.4 Å². The van der Waals surface area contributed by atoms with Crippen LogP contribution in [0.15, 0.2) is 33.7 Å². The van der Waals surface area contributed by atoms with Crippen molar-refractivity contribution >= 4 is 31.9 Å². The number of aryl methyl sites for hydroxylation is 1. The van der Waals surface area contributed by atoms with E-state index in [1.165, 1.54) is 0 Å². The Bertz CT molecular complexity index is 480. The summed E-state index contributed by atoms with van der Waals surface area (Å²) >= 11 is 6.67. The van der Waals surface area contributed by atoms with Crippen molar-refractivity contribution < 1.29 is 0 Å². The first kappa shape index (κ1) is 10.7. The normalized spacial score (nSPS) is 10.3. The topological polar surface area (TPSA) is 38.7 Å². The summed E-state index contributed by atoms with van der Waals surface area (Å²) in [5, 5.41) is 0. The zero-order valence-electron chi connectivity index (χ0n) is 7.91. The molecule has 0 aliphatic rings. The van der Waals surface area contributed by atoms with Crippen molar-refractivity contribution in [3.05, 3.63) is 39.3 Å². The predicted octanol–water partition coefficient (Wildman–Crippen LogP) is 3.37. The summed E-state index contributed by atoms with van der Waals surface area (Å²) in [6.45, 7) is 2.01. The SMILES string of the molecule is Cc1ccncc1-c1nc(Br)cc(Br)n1. The molecule has 2 aromatic heterocycles. The van der Waals surface area contributed by atoms with Crippen molar-refractivity contribution in [2.75, 3.05) is 0 Å². The lowest BCUT2D eigenvalue weighted by atomic mass is 10.1. The predicted molar refractivity (Wildman–Crippen MR) is 65.4 cm³/mol. The van der Waals surface area contributed by atoms with Crippen LogP contribution in [0, 0.1) is 6.92 Å². The summed E-state index contributed by atoms with van der Waals surface area (Å²) in [4.78, 5) is 12.7. The average Bonchev–Trinajstić information content (AvgIpc) is 2.16. The summed E-state index contributed by atoms with van der Waals surface area (Å²) in [7, 11) is 0. The van der Waals surface area contributed by atoms with Gasteiger partial charge in [0.1, 0.15) is 9.21 Å². The highest BCUT2D eigenvalue weighted by Crippen LogP contribution is 2.22. The molecule has 0 unspecified atom stereocenters. The zero-order chi connectivity index (χ0) is 10.8. The van der Waals surface area contributed by atoms with Gasteiger partial charge in [-0.2, -0.15) is 0 Å². The van der Waals surface area contributed by atoms with Gasteiger partial charge in [-0.15, -0.1) is 0 Å². The van der Waals surface area contributed by atoms with E-state index < -0.39 is 0 Å². The van der Waals surface area contributed by atoms with Crippen molar-refractivity contribution in [1.29, 1.82) is 0 Å². The third kappa shape index (κ3) is 2.41. The van der Waals surface area contributed by atoms with E-state index in [9.17, 15) is 0 Å². The number of hydrogen-bond acceptors (Lipinski definition) is 3. The Hall–Kier alpha value is -0.810. The van der Waals surface area contributed by atoms with Crippen LogP contribution >= 0.6 is 31.9 Å². The van der Waals surface area contributed by atoms with Crippen molar-refractivity contribution in [2.24, 2.45) is 0 Å². The molecular weight excluding hydrogens is 322 g/mol. The van der Waals surface area contributed by atoms with Crippen LogP contribution in [0.25, 0.3) is 11.4 Å². The van der Waals surface area contributed by atoms with Gasteiger partial charge in [0.25, 0.3) is 0 Å². The van der Waals surface area contributed by atoms with Gasteiger partial charge in [0.15, 0.2) is 5.82 Å². The molecule has 5 heteroatoms. The third-order valence-electron chi connectivity index (χ3n) is 1.94. The second-order valence-corrected chi connectivity index (χ2v) is 4.65. The first-order chi connectivity index (χ1) is 7.16. The van der Waals surface area contributed by atoms with Crippen LogP contribution in [0.2, 0.25) is 0 Å². The highest BCUT2D eigenvalue weighted by atomic mass is 79.9. The Morgan fingerprint density at radius 1 is 1.13 bits per heavy atom. The summed E-state index contributed by atoms with van der Waals surface area (Å²) in [5.74, 6) is 0.668. The highest BCUT2D eigenvalue weighted by molar-refractivity contribution is 9.11. The minimum atomic E-state index is 0.668. The average molecular weight is 329 g/mol. The van der Waals surface area contributed by atoms with Crippen LogP contribution in [0.3, 0.4) is 0 Å². The van der Waals surface area contributed by atoms with E-state index in [2.05, 4.69) is 46.8 Å². The van der Waals surface area contributed by atoms with E-state index in [1.807, 2.05) is 13.0 Å². The Morgan fingerprint density at radius 2 is 1.80 bits per heavy atom. The summed E-state index contributed by atoms with van der Waals surface area (Å²) in [6, 6.07) is 3.74. The van der Waals surface area contributed by atoms with Gasteiger partial charge in [0.05, 0.1) is 0 Å². The first-order valence-electron chi connectivity index (χ1n) is 4.28. The van der Waals surface area contributed by atoms with Crippen LogP contribution in [-0.2, 0) is 0 Å². The third-order valence-corrected chi connectivity index (χ3v) is 2.76. The second kappa shape index (κ2) is 4.37. The minimum absolute atomic E-state index is 0.668. The maximum Gasteiger partial charge on any atom is 0.163 e. The largest absolute Gasteiger partial charge is 0.264 e. The van der Waals surface area contributed by atoms with Crippen LogP contribution < -0.4 is 0 Å². The minimum Gasteiger partial charge on any atom is -0.264 e. The highest BCUT2D eigenvalue weighted by Gasteiger charge is 2.06. The fourth-order valence-electron chi connectivity index (χ4n) is 1.21. The van der Waals surface area contributed by atoms with E-state index in [0.717, 1.165) is 20.3 Å². The lowest BCUT2D eigenvalue weighted by Crippen LogP contribution is -1.93. The van der Waals surface area contributed by atoms with Gasteiger partial charge < -0.3 is 0 Å². The van der Waals surface area contributed by atoms with Crippen LogP contribution in [-0.4, -0.2) is 15.0 Å². The molecule has 0 aliphatic heterocycles. The van der Waals surface area contributed by atoms with E-state index in [0.29, 0.717) is 5.82 Å². The van der Waals surface area contributed by atoms with Crippen molar-refractivity contribution in [3.8, 4) is 11.4 Å². The molecule has 0 aromatic carbocycles. The van der Waals surface area contributed by atoms with Gasteiger partial charge in [0, 0.05) is 24.0 Å². The van der Waals surface area contributed by atoms with Gasteiger partial charge >= 0.3 is 0 Å². The number of halogens is 2. The van der Waals surface area contributed by atoms with Gasteiger partial charge in [-0.3, -0.25) is 4.98 Å². The van der Waals surface area contributed by atoms with Gasteiger partial charge in [0.2, 0.25) is 0 Å². The standard InChI is InChI=1S/C10H7Br2N3/c1-6-2-3-13-5-7(6)10-14-8(11)4-9(12)15-10/h2-5H,1H3. The van der Waals surface area contributed by atoms with E-state index in [1.54, 1.807) is 18.5 Å². The molecule has 0 spiro atoms. The number of nitrogens with zero attached hydrogens (tertiary/aromatic N) is 3.